The second kappa shape index (κ2) is 16.2. The van der Waals surface area contributed by atoms with Gasteiger partial charge in [0.25, 0.3) is 11.8 Å². The molecule has 0 radical (unpaired) electrons. The Kier molecular flexibility index (Phi) is 11.7. The molecule has 13 nitrogen and oxygen atoms in total. The van der Waals surface area contributed by atoms with Gasteiger partial charge in [0.05, 0.1) is 12.5 Å². The second-order valence-corrected chi connectivity index (χ2v) is 15.8. The fraction of sp³-hybridized carbons (Fsp3) is 0.564. The number of piperazine rings is 2. The fourth-order valence-electron chi connectivity index (χ4n) is 7.78. The van der Waals surface area contributed by atoms with Crippen LogP contribution in [0.5, 0.6) is 5.75 Å². The zero-order valence-electron chi connectivity index (χ0n) is 31.6. The standard InChI is InChI=1S/C39H47F4N5O8/c1-38(2,3)56-37(54)47-11-10-30(22-47)55-32-9-6-25(20-31(32)24-4-7-27(8-5-24)39(41,42)43)34(50)44-12-14-45(15-13-44)35(51)26-18-28(40)21-29(19-26)48-17-16-46(36(52)53)23-33(48)49/h6,9,18-21,24,27,30H,4-5,7-8,10-17,22-23H2,1-3H3,(H,52,53). The number of amides is 5. The van der Waals surface area contributed by atoms with Gasteiger partial charge in [-0.2, -0.15) is 13.2 Å². The maximum Gasteiger partial charge on any atom is 0.410 e. The van der Waals surface area contributed by atoms with Crippen LogP contribution in [0.2, 0.25) is 0 Å². The first-order chi connectivity index (χ1) is 26.4. The fourth-order valence-corrected chi connectivity index (χ4v) is 7.78. The van der Waals surface area contributed by atoms with Gasteiger partial charge in [-0.15, -0.1) is 0 Å². The lowest BCUT2D eigenvalue weighted by molar-refractivity contribution is -0.182. The van der Waals surface area contributed by atoms with Crippen LogP contribution in [-0.2, 0) is 9.53 Å². The highest BCUT2D eigenvalue weighted by Gasteiger charge is 2.42. The minimum atomic E-state index is -4.28. The quantitative estimate of drug-likeness (QED) is 0.353. The monoisotopic (exact) mass is 789 g/mol. The third kappa shape index (κ3) is 9.46. The number of carbonyl (C=O) groups is 5. The molecule has 0 bridgehead atoms. The second-order valence-electron chi connectivity index (χ2n) is 15.8. The van der Waals surface area contributed by atoms with Crippen molar-refractivity contribution in [2.45, 2.75) is 76.7 Å². The molecule has 4 aliphatic rings. The number of nitrogens with zero attached hydrogens (tertiary/aromatic N) is 5. The molecule has 2 aromatic rings. The van der Waals surface area contributed by atoms with Gasteiger partial charge >= 0.3 is 18.4 Å². The number of halogens is 4. The zero-order chi connectivity index (χ0) is 40.5. The molecule has 2 aromatic carbocycles. The van der Waals surface area contributed by atoms with Crippen LogP contribution in [0.1, 0.15) is 85.1 Å². The first-order valence-electron chi connectivity index (χ1n) is 18.9. The van der Waals surface area contributed by atoms with Gasteiger partial charge in [0.15, 0.2) is 0 Å². The number of anilines is 1. The van der Waals surface area contributed by atoms with Crippen molar-refractivity contribution in [1.82, 2.24) is 19.6 Å². The van der Waals surface area contributed by atoms with Crippen molar-refractivity contribution in [2.75, 3.05) is 63.8 Å². The molecule has 304 valence electrons. The topological polar surface area (TPSA) is 140 Å². The number of benzene rings is 2. The summed E-state index contributed by atoms with van der Waals surface area (Å²) in [6.07, 6.45) is -5.37. The third-order valence-corrected chi connectivity index (χ3v) is 10.8. The Morgan fingerprint density at radius 1 is 0.750 bits per heavy atom. The van der Waals surface area contributed by atoms with E-state index in [4.69, 9.17) is 9.47 Å². The van der Waals surface area contributed by atoms with E-state index in [-0.39, 0.29) is 101 Å². The van der Waals surface area contributed by atoms with E-state index in [1.807, 2.05) is 0 Å². The Morgan fingerprint density at radius 3 is 1.96 bits per heavy atom. The lowest BCUT2D eigenvalue weighted by Crippen LogP contribution is -2.52. The lowest BCUT2D eigenvalue weighted by atomic mass is 9.78. The number of ether oxygens (including phenoxy) is 2. The molecule has 6 rings (SSSR count). The van der Waals surface area contributed by atoms with Crippen molar-refractivity contribution in [3.8, 4) is 5.75 Å². The predicted octanol–water partition coefficient (Wildman–Crippen LogP) is 5.97. The molecule has 1 saturated carbocycles. The van der Waals surface area contributed by atoms with Crippen LogP contribution in [0, 0.1) is 11.7 Å². The summed E-state index contributed by atoms with van der Waals surface area (Å²) in [5.41, 5.74) is 0.450. The summed E-state index contributed by atoms with van der Waals surface area (Å²) < 4.78 is 67.3. The molecule has 3 heterocycles. The SMILES string of the molecule is CC(C)(C)OC(=O)N1CCC(Oc2ccc(C(=O)N3CCN(C(=O)c4cc(F)cc(N5CCN(C(=O)O)CC5=O)c4)CC3)cc2C2CCC(C(F)(F)F)CC2)C1. The number of rotatable bonds is 6. The average molecular weight is 790 g/mol. The van der Waals surface area contributed by atoms with Gasteiger partial charge in [0.2, 0.25) is 5.91 Å². The smallest absolute Gasteiger partial charge is 0.410 e. The van der Waals surface area contributed by atoms with E-state index >= 15 is 0 Å². The predicted molar refractivity (Wildman–Crippen MR) is 194 cm³/mol. The minimum absolute atomic E-state index is 0.0000698. The number of hydrogen-bond acceptors (Lipinski definition) is 7. The minimum Gasteiger partial charge on any atom is -0.488 e. The number of alkyl halides is 3. The van der Waals surface area contributed by atoms with Gasteiger partial charge in [0.1, 0.15) is 29.8 Å². The van der Waals surface area contributed by atoms with Crippen molar-refractivity contribution < 1.29 is 56.1 Å². The van der Waals surface area contributed by atoms with Gasteiger partial charge in [-0.1, -0.05) is 0 Å². The number of hydrogen-bond donors (Lipinski definition) is 1. The van der Waals surface area contributed by atoms with E-state index in [9.17, 15) is 46.6 Å². The molecule has 3 aliphatic heterocycles. The van der Waals surface area contributed by atoms with E-state index in [1.165, 1.54) is 15.9 Å². The molecule has 56 heavy (non-hydrogen) atoms. The molecular formula is C39H47F4N5O8. The maximum absolute atomic E-state index is 14.7. The van der Waals surface area contributed by atoms with Crippen molar-refractivity contribution in [3.63, 3.8) is 0 Å². The van der Waals surface area contributed by atoms with Crippen LogP contribution >= 0.6 is 0 Å². The Hall–Kier alpha value is -5.09. The Bertz CT molecular complexity index is 1840. The van der Waals surface area contributed by atoms with Crippen LogP contribution in [0.4, 0.5) is 32.8 Å². The van der Waals surface area contributed by atoms with E-state index in [2.05, 4.69) is 0 Å². The summed E-state index contributed by atoms with van der Waals surface area (Å²) in [4.78, 5) is 70.8. The summed E-state index contributed by atoms with van der Waals surface area (Å²) in [6, 6.07) is 8.55. The molecule has 0 spiro atoms. The van der Waals surface area contributed by atoms with Gasteiger partial charge in [-0.3, -0.25) is 19.3 Å². The molecule has 0 aromatic heterocycles. The molecule has 3 saturated heterocycles. The van der Waals surface area contributed by atoms with E-state index in [0.717, 1.165) is 17.0 Å². The molecule has 1 N–H and O–H groups in total. The summed E-state index contributed by atoms with van der Waals surface area (Å²) in [5, 5.41) is 9.21. The Balaban J connectivity index is 1.12. The van der Waals surface area contributed by atoms with E-state index in [1.54, 1.807) is 48.8 Å². The third-order valence-electron chi connectivity index (χ3n) is 10.8. The van der Waals surface area contributed by atoms with Crippen LogP contribution in [0.15, 0.2) is 36.4 Å². The van der Waals surface area contributed by atoms with E-state index in [0.29, 0.717) is 29.8 Å². The van der Waals surface area contributed by atoms with Crippen LogP contribution < -0.4 is 9.64 Å². The Labute approximate surface area is 322 Å². The van der Waals surface area contributed by atoms with Crippen LogP contribution in [-0.4, -0.2) is 131 Å². The number of likely N-dealkylation sites (tertiary alicyclic amines) is 1. The number of carbonyl (C=O) groups excluding carboxylic acids is 4. The summed E-state index contributed by atoms with van der Waals surface area (Å²) in [5.74, 6) is -3.31. The molecule has 4 fully saturated rings. The summed E-state index contributed by atoms with van der Waals surface area (Å²) >= 11 is 0. The van der Waals surface area contributed by atoms with Gasteiger partial charge in [-0.05, 0) is 94.3 Å². The van der Waals surface area contributed by atoms with Gasteiger partial charge in [0, 0.05) is 69.0 Å². The normalized spacial score (nSPS) is 22.3. The zero-order valence-corrected chi connectivity index (χ0v) is 31.6. The van der Waals surface area contributed by atoms with Gasteiger partial charge < -0.3 is 34.2 Å². The Morgan fingerprint density at radius 2 is 1.38 bits per heavy atom. The van der Waals surface area contributed by atoms with Crippen LogP contribution in [0.25, 0.3) is 0 Å². The van der Waals surface area contributed by atoms with Gasteiger partial charge in [-0.25, -0.2) is 14.0 Å². The molecule has 1 aliphatic carbocycles. The van der Waals surface area contributed by atoms with Crippen molar-refractivity contribution in [2.24, 2.45) is 5.92 Å². The van der Waals surface area contributed by atoms with Crippen molar-refractivity contribution >= 4 is 35.6 Å². The molecule has 5 amide bonds. The number of carboxylic acid groups (broad SMARTS) is 1. The summed E-state index contributed by atoms with van der Waals surface area (Å²) in [7, 11) is 0. The van der Waals surface area contributed by atoms with Crippen molar-refractivity contribution in [1.29, 1.82) is 0 Å². The molecule has 17 heteroatoms. The highest BCUT2D eigenvalue weighted by atomic mass is 19.4. The maximum atomic E-state index is 14.7. The van der Waals surface area contributed by atoms with Crippen LogP contribution in [0.3, 0.4) is 0 Å². The first kappa shape index (κ1) is 40.6. The largest absolute Gasteiger partial charge is 0.488 e. The molecule has 1 unspecified atom stereocenters. The van der Waals surface area contributed by atoms with Crippen molar-refractivity contribution in [3.05, 3.63) is 58.9 Å². The first-order valence-corrected chi connectivity index (χ1v) is 18.9. The van der Waals surface area contributed by atoms with E-state index < -0.39 is 54.1 Å². The lowest BCUT2D eigenvalue weighted by Gasteiger charge is -2.36. The highest BCUT2D eigenvalue weighted by Crippen LogP contribution is 2.45. The summed E-state index contributed by atoms with van der Waals surface area (Å²) in [6.45, 7) is 6.27. The molecule has 1 atom stereocenters. The highest BCUT2D eigenvalue weighted by molar-refractivity contribution is 6.00. The molecular weight excluding hydrogens is 742 g/mol. The average Bonchev–Trinajstić information content (AvgIpc) is 3.62.